The van der Waals surface area contributed by atoms with Crippen molar-refractivity contribution >= 4 is 34.5 Å². The number of aliphatic carboxylic acids is 1. The van der Waals surface area contributed by atoms with Crippen LogP contribution >= 0.6 is 0 Å². The zero-order valence-electron chi connectivity index (χ0n) is 33.0. The van der Waals surface area contributed by atoms with Crippen LogP contribution in [0.15, 0.2) is 84.9 Å². The fourth-order valence-corrected chi connectivity index (χ4v) is 4.95. The molecule has 0 amide bonds. The van der Waals surface area contributed by atoms with Crippen LogP contribution in [0.2, 0.25) is 0 Å². The summed E-state index contributed by atoms with van der Waals surface area (Å²) in [4.78, 5) is 23.1. The van der Waals surface area contributed by atoms with Crippen LogP contribution in [0, 0.1) is 0 Å². The summed E-state index contributed by atoms with van der Waals surface area (Å²) in [6.45, 7) is 19.0. The van der Waals surface area contributed by atoms with Gasteiger partial charge in [-0.3, -0.25) is 14.0 Å². The van der Waals surface area contributed by atoms with Gasteiger partial charge in [0, 0.05) is 12.3 Å². The van der Waals surface area contributed by atoms with Crippen LogP contribution in [-0.2, 0) is 33.3 Å². The molecule has 7 nitrogen and oxygen atoms in total. The molecule has 8 heteroatoms. The molecule has 0 spiro atoms. The lowest BCUT2D eigenvalue weighted by Crippen LogP contribution is -2.12. The van der Waals surface area contributed by atoms with Gasteiger partial charge in [0.2, 0.25) is 0 Å². The SMILES string of the molecule is CC(C(=O)CCc1ccc(C(C)(C)C)cc1)c1ccc(N)c(N)c1.CC(C(=O)O)c1ccc(N)c(N)c1.CCc1ccc(C(C)(C)C)cc1.[2H]CF. The molecule has 9 N–H and O–H groups in total. The van der Waals surface area contributed by atoms with Crippen molar-refractivity contribution in [3.05, 3.63) is 118 Å². The number of ketones is 1. The number of rotatable bonds is 8. The maximum atomic E-state index is 12.5. The lowest BCUT2D eigenvalue weighted by Gasteiger charge is -2.19. The van der Waals surface area contributed by atoms with E-state index in [2.05, 4.69) is 97.0 Å². The Labute approximate surface area is 307 Å². The molecule has 0 aliphatic rings. The topological polar surface area (TPSA) is 158 Å². The highest BCUT2D eigenvalue weighted by molar-refractivity contribution is 5.86. The van der Waals surface area contributed by atoms with Crippen LogP contribution < -0.4 is 22.9 Å². The Balaban J connectivity index is 0.000000407. The fourth-order valence-electron chi connectivity index (χ4n) is 4.95. The average molecular weight is 702 g/mol. The third-order valence-electron chi connectivity index (χ3n) is 8.78. The van der Waals surface area contributed by atoms with Crippen molar-refractivity contribution in [2.75, 3.05) is 30.1 Å². The van der Waals surface area contributed by atoms with Crippen LogP contribution in [0.25, 0.3) is 0 Å². The highest BCUT2D eigenvalue weighted by Gasteiger charge is 2.17. The summed E-state index contributed by atoms with van der Waals surface area (Å²) >= 11 is 0. The molecule has 2 unspecified atom stereocenters. The molecule has 0 radical (unpaired) electrons. The second-order valence-electron chi connectivity index (χ2n) is 14.8. The van der Waals surface area contributed by atoms with Crippen LogP contribution in [0.1, 0.15) is 115 Å². The smallest absolute Gasteiger partial charge is 0.310 e. The third-order valence-corrected chi connectivity index (χ3v) is 8.78. The van der Waals surface area contributed by atoms with Crippen molar-refractivity contribution in [3.63, 3.8) is 0 Å². The van der Waals surface area contributed by atoms with E-state index in [1.165, 1.54) is 22.3 Å². The van der Waals surface area contributed by atoms with E-state index >= 15 is 0 Å². The lowest BCUT2D eigenvalue weighted by atomic mass is 9.86. The van der Waals surface area contributed by atoms with Gasteiger partial charge in [0.25, 0.3) is 0 Å². The van der Waals surface area contributed by atoms with Gasteiger partial charge < -0.3 is 28.0 Å². The number of nitrogens with two attached hydrogens (primary N) is 4. The van der Waals surface area contributed by atoms with E-state index < -0.39 is 19.0 Å². The van der Waals surface area contributed by atoms with Crippen molar-refractivity contribution in [3.8, 4) is 0 Å². The third kappa shape index (κ3) is 14.5. The molecule has 0 saturated heterocycles. The second kappa shape index (κ2) is 20.1. The maximum absolute atomic E-state index is 12.5. The van der Waals surface area contributed by atoms with Crippen LogP contribution in [0.4, 0.5) is 27.1 Å². The minimum absolute atomic E-state index is 0.151. The van der Waals surface area contributed by atoms with E-state index in [0.29, 0.717) is 34.7 Å². The minimum atomic E-state index is -1.00. The van der Waals surface area contributed by atoms with Crippen LogP contribution in [-0.4, -0.2) is 24.0 Å². The Morgan fingerprint density at radius 3 is 1.37 bits per heavy atom. The van der Waals surface area contributed by atoms with Gasteiger partial charge in [-0.05, 0) is 88.2 Å². The molecule has 4 rings (SSSR count). The van der Waals surface area contributed by atoms with Crippen LogP contribution in [0.3, 0.4) is 0 Å². The summed E-state index contributed by atoms with van der Waals surface area (Å²) in [5, 5.41) is 8.72. The van der Waals surface area contributed by atoms with Crippen molar-refractivity contribution in [2.45, 2.75) is 104 Å². The molecule has 0 aromatic heterocycles. The van der Waals surface area contributed by atoms with E-state index in [0.717, 1.165) is 18.4 Å². The van der Waals surface area contributed by atoms with Gasteiger partial charge in [-0.1, -0.05) is 116 Å². The van der Waals surface area contributed by atoms with Gasteiger partial charge in [-0.2, -0.15) is 0 Å². The van der Waals surface area contributed by atoms with Crippen molar-refractivity contribution in [1.82, 2.24) is 0 Å². The number of nitrogen functional groups attached to an aromatic ring is 4. The quantitative estimate of drug-likeness (QED) is 0.114. The van der Waals surface area contributed by atoms with Crippen molar-refractivity contribution in [1.29, 1.82) is 0 Å². The predicted octanol–water partition coefficient (Wildman–Crippen LogP) is 9.63. The number of hydrogen-bond donors (Lipinski definition) is 5. The Morgan fingerprint density at radius 1 is 0.667 bits per heavy atom. The molecule has 0 bridgehead atoms. The molecular formula is C43H61FN4O3. The Morgan fingerprint density at radius 2 is 1.04 bits per heavy atom. The van der Waals surface area contributed by atoms with Crippen molar-refractivity contribution in [2.24, 2.45) is 0 Å². The first-order valence-corrected chi connectivity index (χ1v) is 17.2. The van der Waals surface area contributed by atoms with Gasteiger partial charge in [-0.15, -0.1) is 0 Å². The van der Waals surface area contributed by atoms with Crippen molar-refractivity contribution < 1.29 is 20.5 Å². The van der Waals surface area contributed by atoms with Crippen LogP contribution in [0.5, 0.6) is 0 Å². The number of Topliss-reactive ketones (excluding diaryl/α,β-unsaturated/α-hetero) is 1. The van der Waals surface area contributed by atoms with Gasteiger partial charge in [0.05, 0.1) is 37.2 Å². The first-order chi connectivity index (χ1) is 24.2. The van der Waals surface area contributed by atoms with Gasteiger partial charge >= 0.3 is 5.97 Å². The standard InChI is InChI=1S/C21H28N2O.C12H18.C9H12N2O2.CH3F/c1-14(16-8-11-18(22)19(23)13-16)20(24)12-7-15-5-9-17(10-6-15)21(2,3)4;1-5-10-6-8-11(9-7-10)12(2,3)4;1-5(9(12)13)6-2-3-7(10)8(11)4-6;1-2/h5-6,8-11,13-14H,7,12,22-23H2,1-4H3;6-9H,5H2,1-4H3;2-5H,10-11H2,1H3,(H,12,13);1H3/i;;;1D. The monoisotopic (exact) mass is 701 g/mol. The Bertz CT molecular complexity index is 1700. The van der Waals surface area contributed by atoms with Gasteiger partial charge in [0.15, 0.2) is 0 Å². The molecule has 51 heavy (non-hydrogen) atoms. The normalized spacial score (nSPS) is 12.3. The summed E-state index contributed by atoms with van der Waals surface area (Å²) in [5.74, 6) is -1.37. The summed E-state index contributed by atoms with van der Waals surface area (Å²) in [7, 11) is -1.00. The molecule has 0 aliphatic carbocycles. The highest BCUT2D eigenvalue weighted by atomic mass is 19.1. The minimum Gasteiger partial charge on any atom is -0.481 e. The van der Waals surface area contributed by atoms with Gasteiger partial charge in [0.1, 0.15) is 5.78 Å². The van der Waals surface area contributed by atoms with E-state index in [1.54, 1.807) is 37.3 Å². The number of carbonyl (C=O) groups excluding carboxylic acids is 1. The summed E-state index contributed by atoms with van der Waals surface area (Å²) < 4.78 is 15.5. The summed E-state index contributed by atoms with van der Waals surface area (Å²) in [6, 6.07) is 27.8. The number of alkyl halides is 1. The number of benzene rings is 4. The molecule has 0 saturated carbocycles. The summed E-state index contributed by atoms with van der Waals surface area (Å²) in [5.41, 5.74) is 31.9. The molecule has 0 fully saturated rings. The van der Waals surface area contributed by atoms with E-state index in [4.69, 9.17) is 29.4 Å². The molecule has 4 aromatic carbocycles. The zero-order chi connectivity index (χ0) is 39.8. The Kier molecular flexibility index (Phi) is 16.7. The number of anilines is 4. The molecule has 0 aliphatic heterocycles. The molecule has 2 atom stereocenters. The first-order valence-electron chi connectivity index (χ1n) is 18.0. The first kappa shape index (κ1) is 42.3. The molecule has 0 heterocycles. The number of carboxylic acid groups (broad SMARTS) is 1. The number of halogens is 1. The summed E-state index contributed by atoms with van der Waals surface area (Å²) in [6.07, 6.45) is 2.42. The number of aryl methyl sites for hydroxylation is 2. The number of carboxylic acids is 1. The maximum Gasteiger partial charge on any atom is 0.310 e. The van der Waals surface area contributed by atoms with E-state index in [9.17, 15) is 14.0 Å². The number of carbonyl (C=O) groups is 2. The number of hydrogen-bond acceptors (Lipinski definition) is 6. The predicted molar refractivity (Wildman–Crippen MR) is 215 cm³/mol. The van der Waals surface area contributed by atoms with E-state index in [-0.39, 0.29) is 22.5 Å². The average Bonchev–Trinajstić information content (AvgIpc) is 3.09. The highest BCUT2D eigenvalue weighted by Crippen LogP contribution is 2.26. The van der Waals surface area contributed by atoms with E-state index in [1.807, 2.05) is 13.0 Å². The Hall–Kier alpha value is -4.85. The second-order valence-corrected chi connectivity index (χ2v) is 14.8. The molecule has 278 valence electrons. The lowest BCUT2D eigenvalue weighted by molar-refractivity contribution is -0.138. The molecule has 4 aromatic rings. The zero-order valence-corrected chi connectivity index (χ0v) is 32.0. The fraction of sp³-hybridized carbons (Fsp3) is 0.395. The van der Waals surface area contributed by atoms with Gasteiger partial charge in [-0.25, -0.2) is 0 Å². The molecular weight excluding hydrogens is 639 g/mol. The largest absolute Gasteiger partial charge is 0.481 e.